The van der Waals surface area contributed by atoms with Gasteiger partial charge in [-0.15, -0.1) is 0 Å². The molecule has 3 amide bonds. The molecule has 0 saturated carbocycles. The molecule has 144 valence electrons. The quantitative estimate of drug-likeness (QED) is 0.685. The van der Waals surface area contributed by atoms with Crippen LogP contribution in [-0.2, 0) is 17.9 Å². The van der Waals surface area contributed by atoms with E-state index >= 15 is 0 Å². The van der Waals surface area contributed by atoms with Gasteiger partial charge in [-0.05, 0) is 22.9 Å². The van der Waals surface area contributed by atoms with E-state index in [-0.39, 0.29) is 11.9 Å². The van der Waals surface area contributed by atoms with Crippen LogP contribution in [0, 0.1) is 0 Å². The molecule has 7 nitrogen and oxygen atoms in total. The molecule has 0 saturated heterocycles. The standard InChI is InChI=1S/C21H23N5O2/c1-15(27)22-8-9-23-21(28)25-10-11-26-19(14-25)13-20(24-26)18-7-6-16-4-2-3-5-17(16)12-18/h2-7,12-13H,8-11,14H2,1H3,(H,22,27)(H,23,28). The van der Waals surface area contributed by atoms with Crippen LogP contribution < -0.4 is 10.6 Å². The van der Waals surface area contributed by atoms with Crippen molar-refractivity contribution < 1.29 is 9.59 Å². The lowest BCUT2D eigenvalue weighted by Gasteiger charge is -2.27. The molecule has 7 heteroatoms. The molecule has 1 aromatic heterocycles. The minimum atomic E-state index is -0.120. The first kappa shape index (κ1) is 18.0. The molecular weight excluding hydrogens is 354 g/mol. The second-order valence-corrected chi connectivity index (χ2v) is 6.94. The third-order valence-corrected chi connectivity index (χ3v) is 4.91. The smallest absolute Gasteiger partial charge is 0.317 e. The van der Waals surface area contributed by atoms with E-state index < -0.39 is 0 Å². The van der Waals surface area contributed by atoms with Crippen LogP contribution in [-0.4, -0.2) is 46.3 Å². The van der Waals surface area contributed by atoms with Gasteiger partial charge in [-0.2, -0.15) is 5.10 Å². The zero-order valence-corrected chi connectivity index (χ0v) is 15.8. The summed E-state index contributed by atoms with van der Waals surface area (Å²) in [5, 5.41) is 12.6. The minimum absolute atomic E-state index is 0.0997. The average Bonchev–Trinajstić information content (AvgIpc) is 3.14. The van der Waals surface area contributed by atoms with E-state index in [9.17, 15) is 9.59 Å². The van der Waals surface area contributed by atoms with Crippen molar-refractivity contribution in [2.75, 3.05) is 19.6 Å². The summed E-state index contributed by atoms with van der Waals surface area (Å²) in [5.41, 5.74) is 3.02. The van der Waals surface area contributed by atoms with Crippen molar-refractivity contribution in [2.45, 2.75) is 20.0 Å². The van der Waals surface area contributed by atoms with Crippen molar-refractivity contribution in [3.8, 4) is 11.3 Å². The van der Waals surface area contributed by atoms with Gasteiger partial charge in [-0.25, -0.2) is 4.79 Å². The fourth-order valence-corrected chi connectivity index (χ4v) is 3.45. The first-order valence-electron chi connectivity index (χ1n) is 9.43. The van der Waals surface area contributed by atoms with E-state index in [4.69, 9.17) is 5.10 Å². The van der Waals surface area contributed by atoms with E-state index in [1.54, 1.807) is 4.90 Å². The van der Waals surface area contributed by atoms with Gasteiger partial charge in [-0.1, -0.05) is 36.4 Å². The molecule has 0 bridgehead atoms. The monoisotopic (exact) mass is 377 g/mol. The number of carbonyl (C=O) groups is 2. The Kier molecular flexibility index (Phi) is 4.97. The van der Waals surface area contributed by atoms with Gasteiger partial charge in [0.2, 0.25) is 5.91 Å². The van der Waals surface area contributed by atoms with E-state index in [1.165, 1.54) is 17.7 Å². The third kappa shape index (κ3) is 3.83. The summed E-state index contributed by atoms with van der Waals surface area (Å²) in [7, 11) is 0. The Labute approximate surface area is 163 Å². The molecule has 1 aliphatic rings. The molecule has 0 unspecified atom stereocenters. The van der Waals surface area contributed by atoms with Gasteiger partial charge < -0.3 is 15.5 Å². The Morgan fingerprint density at radius 2 is 1.79 bits per heavy atom. The highest BCUT2D eigenvalue weighted by molar-refractivity contribution is 5.86. The molecular formula is C21H23N5O2. The summed E-state index contributed by atoms with van der Waals surface area (Å²) < 4.78 is 1.98. The fraction of sp³-hybridized carbons (Fsp3) is 0.286. The molecule has 1 aliphatic heterocycles. The first-order valence-corrected chi connectivity index (χ1v) is 9.43. The maximum Gasteiger partial charge on any atom is 0.317 e. The molecule has 4 rings (SSSR count). The van der Waals surface area contributed by atoms with Crippen molar-refractivity contribution in [3.63, 3.8) is 0 Å². The van der Waals surface area contributed by atoms with Crippen LogP contribution in [0.25, 0.3) is 22.0 Å². The van der Waals surface area contributed by atoms with Gasteiger partial charge in [0.15, 0.2) is 0 Å². The predicted octanol–water partition coefficient (Wildman–Crippen LogP) is 2.36. The Morgan fingerprint density at radius 1 is 1.00 bits per heavy atom. The van der Waals surface area contributed by atoms with Crippen LogP contribution in [0.5, 0.6) is 0 Å². The summed E-state index contributed by atoms with van der Waals surface area (Å²) >= 11 is 0. The van der Waals surface area contributed by atoms with Crippen molar-refractivity contribution in [1.82, 2.24) is 25.3 Å². The van der Waals surface area contributed by atoms with Crippen molar-refractivity contribution in [3.05, 3.63) is 54.2 Å². The second-order valence-electron chi connectivity index (χ2n) is 6.94. The van der Waals surface area contributed by atoms with Crippen molar-refractivity contribution in [2.24, 2.45) is 0 Å². The maximum absolute atomic E-state index is 12.3. The Balaban J connectivity index is 1.44. The van der Waals surface area contributed by atoms with Crippen LogP contribution in [0.1, 0.15) is 12.6 Å². The highest BCUT2D eigenvalue weighted by Crippen LogP contribution is 2.25. The van der Waals surface area contributed by atoms with Crippen LogP contribution in [0.15, 0.2) is 48.5 Å². The molecule has 0 radical (unpaired) electrons. The van der Waals surface area contributed by atoms with Crippen LogP contribution in [0.4, 0.5) is 4.79 Å². The summed E-state index contributed by atoms with van der Waals surface area (Å²) in [4.78, 5) is 25.0. The van der Waals surface area contributed by atoms with Crippen LogP contribution in [0.3, 0.4) is 0 Å². The van der Waals surface area contributed by atoms with E-state index in [0.29, 0.717) is 32.7 Å². The van der Waals surface area contributed by atoms with Gasteiger partial charge in [-0.3, -0.25) is 9.48 Å². The Morgan fingerprint density at radius 3 is 2.61 bits per heavy atom. The van der Waals surface area contributed by atoms with Crippen molar-refractivity contribution >= 4 is 22.7 Å². The largest absolute Gasteiger partial charge is 0.355 e. The summed E-state index contributed by atoms with van der Waals surface area (Å²) in [5.74, 6) is -0.0997. The number of rotatable bonds is 4. The highest BCUT2D eigenvalue weighted by Gasteiger charge is 2.22. The average molecular weight is 377 g/mol. The molecule has 0 fully saturated rings. The number of benzene rings is 2. The molecule has 0 aliphatic carbocycles. The number of urea groups is 1. The van der Waals surface area contributed by atoms with Gasteiger partial charge in [0, 0.05) is 32.1 Å². The molecule has 2 aromatic carbocycles. The molecule has 3 aromatic rings. The van der Waals surface area contributed by atoms with E-state index in [2.05, 4.69) is 47.0 Å². The lowest BCUT2D eigenvalue weighted by molar-refractivity contribution is -0.118. The highest BCUT2D eigenvalue weighted by atomic mass is 16.2. The van der Waals surface area contributed by atoms with Gasteiger partial charge >= 0.3 is 6.03 Å². The van der Waals surface area contributed by atoms with Gasteiger partial charge in [0.1, 0.15) is 0 Å². The number of nitrogens with zero attached hydrogens (tertiary/aromatic N) is 3. The minimum Gasteiger partial charge on any atom is -0.355 e. The zero-order valence-electron chi connectivity index (χ0n) is 15.8. The van der Waals surface area contributed by atoms with Gasteiger partial charge in [0.05, 0.1) is 24.5 Å². The fourth-order valence-electron chi connectivity index (χ4n) is 3.45. The lowest BCUT2D eigenvalue weighted by atomic mass is 10.1. The topological polar surface area (TPSA) is 79.3 Å². The second kappa shape index (κ2) is 7.72. The Bertz CT molecular complexity index is 1030. The number of carbonyl (C=O) groups excluding carboxylic acids is 2. The van der Waals surface area contributed by atoms with Crippen molar-refractivity contribution in [1.29, 1.82) is 0 Å². The van der Waals surface area contributed by atoms with Gasteiger partial charge in [0.25, 0.3) is 0 Å². The van der Waals surface area contributed by atoms with Crippen LogP contribution >= 0.6 is 0 Å². The SMILES string of the molecule is CC(=O)NCCNC(=O)N1CCn2nc(-c3ccc4ccccc4c3)cc2C1. The Hall–Kier alpha value is -3.35. The predicted molar refractivity (Wildman–Crippen MR) is 108 cm³/mol. The summed E-state index contributed by atoms with van der Waals surface area (Å²) in [6.07, 6.45) is 0. The number of amides is 3. The first-order chi connectivity index (χ1) is 13.6. The molecule has 28 heavy (non-hydrogen) atoms. The lowest BCUT2D eigenvalue weighted by Crippen LogP contribution is -2.46. The molecule has 0 atom stereocenters. The number of fused-ring (bicyclic) bond motifs is 2. The normalized spacial score (nSPS) is 13.2. The van der Waals surface area contributed by atoms with E-state index in [0.717, 1.165) is 17.0 Å². The summed E-state index contributed by atoms with van der Waals surface area (Å²) in [6, 6.07) is 16.5. The van der Waals surface area contributed by atoms with E-state index in [1.807, 2.05) is 16.8 Å². The number of hydrogen-bond acceptors (Lipinski definition) is 3. The number of aromatic nitrogens is 2. The molecule has 0 spiro atoms. The molecule has 2 N–H and O–H groups in total. The number of hydrogen-bond donors (Lipinski definition) is 2. The molecule has 2 heterocycles. The summed E-state index contributed by atoms with van der Waals surface area (Å²) in [6.45, 7) is 4.10. The third-order valence-electron chi connectivity index (χ3n) is 4.91. The maximum atomic E-state index is 12.3. The number of nitrogens with one attached hydrogen (secondary N) is 2. The van der Waals surface area contributed by atoms with Crippen LogP contribution in [0.2, 0.25) is 0 Å². The zero-order chi connectivity index (χ0) is 19.5.